The van der Waals surface area contributed by atoms with Gasteiger partial charge in [0.15, 0.2) is 0 Å². The average Bonchev–Trinajstić information content (AvgIpc) is 2.11. The first-order valence-electron chi connectivity index (χ1n) is 5.36. The number of hydrogen-bond donors (Lipinski definition) is 0. The second-order valence-electron chi connectivity index (χ2n) is 3.64. The summed E-state index contributed by atoms with van der Waals surface area (Å²) in [7, 11) is 0. The molecular weight excluding hydrogens is 158 g/mol. The van der Waals surface area contributed by atoms with Crippen molar-refractivity contribution in [3.8, 4) is 6.07 Å². The molecule has 0 saturated carbocycles. The zero-order valence-corrected chi connectivity index (χ0v) is 8.97. The van der Waals surface area contributed by atoms with Gasteiger partial charge in [0.2, 0.25) is 0 Å². The zero-order chi connectivity index (χ0) is 9.94. The Labute approximate surface area is 82.5 Å². The van der Waals surface area contributed by atoms with E-state index in [-0.39, 0.29) is 0 Å². The molecule has 13 heavy (non-hydrogen) atoms. The number of hydrogen-bond acceptors (Lipinski definition) is 1. The van der Waals surface area contributed by atoms with Crippen LogP contribution in [0.1, 0.15) is 58.8 Å². The van der Waals surface area contributed by atoms with Gasteiger partial charge in [-0.15, -0.1) is 0 Å². The molecule has 0 radical (unpaired) electrons. The standard InChI is InChI=1S/C12H21N/c1-3-4-5-6-7-8-9-12(2)10-11-13/h10H,3-9H2,1-2H3. The molecule has 0 aliphatic rings. The van der Waals surface area contributed by atoms with Crippen molar-refractivity contribution >= 4 is 0 Å². The number of unbranched alkanes of at least 4 members (excludes halogenated alkanes) is 5. The van der Waals surface area contributed by atoms with Gasteiger partial charge in [0, 0.05) is 6.08 Å². The highest BCUT2D eigenvalue weighted by molar-refractivity contribution is 5.10. The van der Waals surface area contributed by atoms with Gasteiger partial charge in [0.05, 0.1) is 6.07 Å². The summed E-state index contributed by atoms with van der Waals surface area (Å²) >= 11 is 0. The summed E-state index contributed by atoms with van der Waals surface area (Å²) in [6.45, 7) is 4.27. The largest absolute Gasteiger partial charge is 0.193 e. The number of nitriles is 1. The molecule has 0 N–H and O–H groups in total. The van der Waals surface area contributed by atoms with Gasteiger partial charge in [0.25, 0.3) is 0 Å². The molecule has 74 valence electrons. The van der Waals surface area contributed by atoms with Crippen molar-refractivity contribution in [3.63, 3.8) is 0 Å². The monoisotopic (exact) mass is 179 g/mol. The Morgan fingerprint density at radius 2 is 1.77 bits per heavy atom. The van der Waals surface area contributed by atoms with Crippen LogP contribution in [-0.2, 0) is 0 Å². The molecule has 1 nitrogen and oxygen atoms in total. The lowest BCUT2D eigenvalue weighted by molar-refractivity contribution is 0.606. The third-order valence-corrected chi connectivity index (χ3v) is 2.24. The first-order chi connectivity index (χ1) is 6.31. The fourth-order valence-electron chi connectivity index (χ4n) is 1.37. The summed E-state index contributed by atoms with van der Waals surface area (Å²) in [4.78, 5) is 0. The Balaban J connectivity index is 3.17. The van der Waals surface area contributed by atoms with Crippen LogP contribution in [0, 0.1) is 11.3 Å². The van der Waals surface area contributed by atoms with E-state index in [2.05, 4.69) is 13.0 Å². The molecule has 0 aromatic heterocycles. The minimum atomic E-state index is 1.10. The van der Waals surface area contributed by atoms with Gasteiger partial charge in [-0.2, -0.15) is 5.26 Å². The second kappa shape index (κ2) is 9.32. The van der Waals surface area contributed by atoms with Crippen LogP contribution in [0.4, 0.5) is 0 Å². The van der Waals surface area contributed by atoms with Crippen molar-refractivity contribution in [2.75, 3.05) is 0 Å². The van der Waals surface area contributed by atoms with Gasteiger partial charge in [0.1, 0.15) is 0 Å². The molecule has 0 rings (SSSR count). The molecule has 0 heterocycles. The third-order valence-electron chi connectivity index (χ3n) is 2.24. The Morgan fingerprint density at radius 3 is 2.38 bits per heavy atom. The molecule has 0 aromatic rings. The van der Waals surface area contributed by atoms with Crippen molar-refractivity contribution in [2.45, 2.75) is 58.8 Å². The number of nitrogens with zero attached hydrogens (tertiary/aromatic N) is 1. The Hall–Kier alpha value is -0.770. The molecular formula is C12H21N. The highest BCUT2D eigenvalue weighted by Gasteiger charge is 1.91. The van der Waals surface area contributed by atoms with Gasteiger partial charge in [-0.05, 0) is 19.8 Å². The summed E-state index contributed by atoms with van der Waals surface area (Å²) in [5.41, 5.74) is 1.22. The van der Waals surface area contributed by atoms with E-state index in [9.17, 15) is 0 Å². The summed E-state index contributed by atoms with van der Waals surface area (Å²) in [6.07, 6.45) is 10.7. The fourth-order valence-corrected chi connectivity index (χ4v) is 1.37. The molecule has 0 fully saturated rings. The summed E-state index contributed by atoms with van der Waals surface area (Å²) in [5.74, 6) is 0. The molecule has 0 aliphatic heterocycles. The maximum absolute atomic E-state index is 8.38. The van der Waals surface area contributed by atoms with Crippen LogP contribution in [0.15, 0.2) is 11.6 Å². The maximum Gasteiger partial charge on any atom is 0.0911 e. The van der Waals surface area contributed by atoms with Crippen molar-refractivity contribution in [2.24, 2.45) is 0 Å². The van der Waals surface area contributed by atoms with Gasteiger partial charge in [-0.25, -0.2) is 0 Å². The summed E-state index contributed by atoms with van der Waals surface area (Å²) < 4.78 is 0. The maximum atomic E-state index is 8.38. The Bertz CT molecular complexity index is 174. The predicted molar refractivity (Wildman–Crippen MR) is 57.4 cm³/mol. The van der Waals surface area contributed by atoms with E-state index in [1.165, 1.54) is 44.1 Å². The highest BCUT2D eigenvalue weighted by atomic mass is 14.2. The summed E-state index contributed by atoms with van der Waals surface area (Å²) in [6, 6.07) is 2.07. The Kier molecular flexibility index (Phi) is 8.77. The topological polar surface area (TPSA) is 23.8 Å². The minimum absolute atomic E-state index is 1.10. The molecule has 1 heteroatoms. The second-order valence-corrected chi connectivity index (χ2v) is 3.64. The van der Waals surface area contributed by atoms with E-state index in [0.717, 1.165) is 6.42 Å². The molecule has 0 aliphatic carbocycles. The van der Waals surface area contributed by atoms with Gasteiger partial charge in [-0.1, -0.05) is 44.6 Å². The fraction of sp³-hybridized carbons (Fsp3) is 0.750. The van der Waals surface area contributed by atoms with E-state index in [0.29, 0.717) is 0 Å². The predicted octanol–water partition coefficient (Wildman–Crippen LogP) is 4.21. The number of rotatable bonds is 7. The first-order valence-corrected chi connectivity index (χ1v) is 5.36. The third kappa shape index (κ3) is 9.14. The van der Waals surface area contributed by atoms with Crippen molar-refractivity contribution in [1.82, 2.24) is 0 Å². The van der Waals surface area contributed by atoms with Crippen molar-refractivity contribution < 1.29 is 0 Å². The lowest BCUT2D eigenvalue weighted by Crippen LogP contribution is -1.81. The minimum Gasteiger partial charge on any atom is -0.193 e. The van der Waals surface area contributed by atoms with Crippen molar-refractivity contribution in [1.29, 1.82) is 5.26 Å². The van der Waals surface area contributed by atoms with Crippen LogP contribution in [0.25, 0.3) is 0 Å². The van der Waals surface area contributed by atoms with Crippen LogP contribution in [0.3, 0.4) is 0 Å². The normalized spacial score (nSPS) is 11.3. The molecule has 0 aromatic carbocycles. The van der Waals surface area contributed by atoms with Crippen LogP contribution in [0.5, 0.6) is 0 Å². The van der Waals surface area contributed by atoms with E-state index < -0.39 is 0 Å². The van der Waals surface area contributed by atoms with Gasteiger partial charge >= 0.3 is 0 Å². The number of allylic oxidation sites excluding steroid dienone is 2. The zero-order valence-electron chi connectivity index (χ0n) is 8.97. The summed E-state index contributed by atoms with van der Waals surface area (Å²) in [5, 5.41) is 8.38. The SMILES string of the molecule is CCCCCCCCC(C)=CC#N. The van der Waals surface area contributed by atoms with E-state index in [4.69, 9.17) is 5.26 Å². The Morgan fingerprint density at radius 1 is 1.15 bits per heavy atom. The molecule has 0 atom stereocenters. The molecule has 0 spiro atoms. The molecule has 0 amide bonds. The lowest BCUT2D eigenvalue weighted by atomic mass is 10.1. The lowest BCUT2D eigenvalue weighted by Gasteiger charge is -2.00. The van der Waals surface area contributed by atoms with Crippen molar-refractivity contribution in [3.05, 3.63) is 11.6 Å². The van der Waals surface area contributed by atoms with E-state index in [1.54, 1.807) is 6.08 Å². The molecule has 0 unspecified atom stereocenters. The van der Waals surface area contributed by atoms with Crippen LogP contribution in [0.2, 0.25) is 0 Å². The van der Waals surface area contributed by atoms with E-state index in [1.807, 2.05) is 6.92 Å². The highest BCUT2D eigenvalue weighted by Crippen LogP contribution is 2.10. The van der Waals surface area contributed by atoms with Crippen LogP contribution < -0.4 is 0 Å². The first kappa shape index (κ1) is 12.2. The molecule has 0 bridgehead atoms. The van der Waals surface area contributed by atoms with Crippen LogP contribution >= 0.6 is 0 Å². The van der Waals surface area contributed by atoms with E-state index >= 15 is 0 Å². The smallest absolute Gasteiger partial charge is 0.0911 e. The average molecular weight is 179 g/mol. The van der Waals surface area contributed by atoms with Gasteiger partial charge < -0.3 is 0 Å². The van der Waals surface area contributed by atoms with Crippen LogP contribution in [-0.4, -0.2) is 0 Å². The van der Waals surface area contributed by atoms with Gasteiger partial charge in [-0.3, -0.25) is 0 Å². The molecule has 0 saturated heterocycles. The quantitative estimate of drug-likeness (QED) is 0.424.